The number of methoxy groups -OCH3 is 1. The molecule has 1 aromatic carbocycles. The second kappa shape index (κ2) is 4.28. The Morgan fingerprint density at radius 2 is 2.05 bits per heavy atom. The molecule has 0 unspecified atom stereocenters. The van der Waals surface area contributed by atoms with Crippen LogP contribution in [0.4, 0.5) is 5.69 Å². The molecule has 0 bridgehead atoms. The van der Waals surface area contributed by atoms with Gasteiger partial charge in [0.1, 0.15) is 0 Å². The molecule has 0 saturated carbocycles. The van der Waals surface area contributed by atoms with Gasteiger partial charge in [0.2, 0.25) is 5.88 Å². The number of hydrogen-bond acceptors (Lipinski definition) is 4. The quantitative estimate of drug-likeness (QED) is 0.713. The van der Waals surface area contributed by atoms with Gasteiger partial charge in [-0.05, 0) is 30.7 Å². The highest BCUT2D eigenvalue weighted by atomic mass is 16.5. The fourth-order valence-electron chi connectivity index (χ4n) is 2.04. The molecule has 2 aromatic heterocycles. The fraction of sp³-hybridized carbons (Fsp3) is 0.143. The SMILES string of the molecule is COc1ccc2cnc(-c3cc(N)ccc3C)nn12. The fourth-order valence-corrected chi connectivity index (χ4v) is 2.04. The maximum absolute atomic E-state index is 5.83. The average molecular weight is 254 g/mol. The Balaban J connectivity index is 2.22. The summed E-state index contributed by atoms with van der Waals surface area (Å²) in [6.07, 6.45) is 1.77. The van der Waals surface area contributed by atoms with Crippen molar-refractivity contribution in [3.8, 4) is 17.3 Å². The molecule has 0 fully saturated rings. The summed E-state index contributed by atoms with van der Waals surface area (Å²) in [6.45, 7) is 2.01. The third-order valence-corrected chi connectivity index (χ3v) is 3.08. The van der Waals surface area contributed by atoms with E-state index in [0.717, 1.165) is 16.6 Å². The first-order valence-corrected chi connectivity index (χ1v) is 5.94. The number of rotatable bonds is 2. The highest BCUT2D eigenvalue weighted by Gasteiger charge is 2.09. The molecule has 3 aromatic rings. The standard InChI is InChI=1S/C14H14N4O/c1-9-3-4-10(15)7-12(9)14-16-8-11-5-6-13(19-2)18(11)17-14/h3-8H,15H2,1-2H3. The van der Waals surface area contributed by atoms with E-state index in [-0.39, 0.29) is 0 Å². The van der Waals surface area contributed by atoms with Gasteiger partial charge in [-0.25, -0.2) is 4.98 Å². The Bertz CT molecular complexity index is 748. The van der Waals surface area contributed by atoms with Crippen LogP contribution in [0.3, 0.4) is 0 Å². The topological polar surface area (TPSA) is 65.4 Å². The molecule has 0 amide bonds. The van der Waals surface area contributed by atoms with Crippen LogP contribution in [0, 0.1) is 6.92 Å². The van der Waals surface area contributed by atoms with E-state index in [1.165, 1.54) is 0 Å². The Hall–Kier alpha value is -2.56. The van der Waals surface area contributed by atoms with E-state index < -0.39 is 0 Å². The minimum absolute atomic E-state index is 0.631. The zero-order valence-corrected chi connectivity index (χ0v) is 10.8. The van der Waals surface area contributed by atoms with Gasteiger partial charge in [-0.1, -0.05) is 6.07 Å². The second-order valence-corrected chi connectivity index (χ2v) is 4.37. The number of aryl methyl sites for hydroxylation is 1. The van der Waals surface area contributed by atoms with Gasteiger partial charge in [-0.15, -0.1) is 5.10 Å². The van der Waals surface area contributed by atoms with Crippen molar-refractivity contribution in [1.82, 2.24) is 14.6 Å². The second-order valence-electron chi connectivity index (χ2n) is 4.37. The van der Waals surface area contributed by atoms with Gasteiger partial charge in [0, 0.05) is 17.3 Å². The van der Waals surface area contributed by atoms with Crippen molar-refractivity contribution in [1.29, 1.82) is 0 Å². The molecular weight excluding hydrogens is 240 g/mol. The molecule has 5 nitrogen and oxygen atoms in total. The third-order valence-electron chi connectivity index (χ3n) is 3.08. The zero-order valence-electron chi connectivity index (χ0n) is 10.8. The van der Waals surface area contributed by atoms with Crippen LogP contribution in [0.5, 0.6) is 5.88 Å². The van der Waals surface area contributed by atoms with E-state index in [0.29, 0.717) is 17.4 Å². The molecule has 0 radical (unpaired) electrons. The van der Waals surface area contributed by atoms with Crippen LogP contribution in [0.1, 0.15) is 5.56 Å². The van der Waals surface area contributed by atoms with Gasteiger partial charge in [0.05, 0.1) is 18.8 Å². The van der Waals surface area contributed by atoms with Crippen LogP contribution in [0.15, 0.2) is 36.5 Å². The predicted molar refractivity (Wildman–Crippen MR) is 74.1 cm³/mol. The minimum atomic E-state index is 0.631. The van der Waals surface area contributed by atoms with Gasteiger partial charge in [-0.2, -0.15) is 4.52 Å². The number of hydrogen-bond donors (Lipinski definition) is 1. The van der Waals surface area contributed by atoms with E-state index in [2.05, 4.69) is 10.1 Å². The monoisotopic (exact) mass is 254 g/mol. The summed E-state index contributed by atoms with van der Waals surface area (Å²) in [5, 5.41) is 4.50. The average Bonchev–Trinajstić information content (AvgIpc) is 2.83. The molecule has 5 heteroatoms. The van der Waals surface area contributed by atoms with Crippen LogP contribution < -0.4 is 10.5 Å². The number of nitrogens with two attached hydrogens (primary N) is 1. The van der Waals surface area contributed by atoms with Gasteiger partial charge in [0.15, 0.2) is 5.82 Å². The number of benzene rings is 1. The minimum Gasteiger partial charge on any atom is -0.481 e. The summed E-state index contributed by atoms with van der Waals surface area (Å²) in [5.41, 5.74) is 9.43. The molecule has 2 N–H and O–H groups in total. The van der Waals surface area contributed by atoms with E-state index in [4.69, 9.17) is 10.5 Å². The number of nitrogens with zero attached hydrogens (tertiary/aromatic N) is 3. The van der Waals surface area contributed by atoms with Crippen molar-refractivity contribution in [3.05, 3.63) is 42.1 Å². The lowest BCUT2D eigenvalue weighted by Gasteiger charge is -2.07. The number of fused-ring (bicyclic) bond motifs is 1. The number of nitrogen functional groups attached to an aromatic ring is 1. The summed E-state index contributed by atoms with van der Waals surface area (Å²) >= 11 is 0. The van der Waals surface area contributed by atoms with Crippen LogP contribution >= 0.6 is 0 Å². The molecule has 0 spiro atoms. The summed E-state index contributed by atoms with van der Waals surface area (Å²) in [4.78, 5) is 4.38. The lowest BCUT2D eigenvalue weighted by Crippen LogP contribution is -2.01. The molecule has 3 rings (SSSR count). The molecule has 0 aliphatic heterocycles. The Morgan fingerprint density at radius 3 is 2.84 bits per heavy atom. The van der Waals surface area contributed by atoms with Gasteiger partial charge in [-0.3, -0.25) is 0 Å². The third kappa shape index (κ3) is 1.89. The Morgan fingerprint density at radius 1 is 1.21 bits per heavy atom. The molecule has 96 valence electrons. The van der Waals surface area contributed by atoms with Gasteiger partial charge in [0.25, 0.3) is 0 Å². The number of ether oxygens (including phenoxy) is 1. The van der Waals surface area contributed by atoms with Crippen LogP contribution in [-0.4, -0.2) is 21.7 Å². The first kappa shape index (κ1) is 11.5. The van der Waals surface area contributed by atoms with E-state index >= 15 is 0 Å². The first-order valence-electron chi connectivity index (χ1n) is 5.94. The van der Waals surface area contributed by atoms with Crippen molar-refractivity contribution < 1.29 is 4.74 Å². The highest BCUT2D eigenvalue weighted by Crippen LogP contribution is 2.23. The maximum atomic E-state index is 5.83. The van der Waals surface area contributed by atoms with Crippen LogP contribution in [-0.2, 0) is 0 Å². The Labute approximate surface area is 110 Å². The smallest absolute Gasteiger partial charge is 0.214 e. The molecule has 19 heavy (non-hydrogen) atoms. The molecular formula is C14H14N4O. The van der Waals surface area contributed by atoms with Crippen LogP contribution in [0.25, 0.3) is 16.9 Å². The summed E-state index contributed by atoms with van der Waals surface area (Å²) in [6, 6.07) is 9.49. The van der Waals surface area contributed by atoms with Gasteiger partial charge < -0.3 is 10.5 Å². The predicted octanol–water partition coefficient (Wildman–Crippen LogP) is 2.30. The first-order chi connectivity index (χ1) is 9.19. The summed E-state index contributed by atoms with van der Waals surface area (Å²) in [5.74, 6) is 1.31. The van der Waals surface area contributed by atoms with Crippen molar-refractivity contribution in [2.75, 3.05) is 12.8 Å². The summed E-state index contributed by atoms with van der Waals surface area (Å²) < 4.78 is 6.99. The van der Waals surface area contributed by atoms with Crippen molar-refractivity contribution >= 4 is 11.2 Å². The molecule has 0 aliphatic carbocycles. The molecule has 0 saturated heterocycles. The normalized spacial score (nSPS) is 10.8. The van der Waals surface area contributed by atoms with Crippen molar-refractivity contribution in [3.63, 3.8) is 0 Å². The lowest BCUT2D eigenvalue weighted by atomic mass is 10.1. The summed E-state index contributed by atoms with van der Waals surface area (Å²) in [7, 11) is 1.62. The maximum Gasteiger partial charge on any atom is 0.214 e. The highest BCUT2D eigenvalue weighted by molar-refractivity contribution is 5.65. The van der Waals surface area contributed by atoms with Crippen LogP contribution in [0.2, 0.25) is 0 Å². The number of aromatic nitrogens is 3. The van der Waals surface area contributed by atoms with E-state index in [1.54, 1.807) is 17.8 Å². The largest absolute Gasteiger partial charge is 0.481 e. The van der Waals surface area contributed by atoms with Crippen molar-refractivity contribution in [2.24, 2.45) is 0 Å². The van der Waals surface area contributed by atoms with E-state index in [1.807, 2.05) is 37.3 Å². The number of anilines is 1. The zero-order chi connectivity index (χ0) is 13.4. The van der Waals surface area contributed by atoms with Crippen molar-refractivity contribution in [2.45, 2.75) is 6.92 Å². The van der Waals surface area contributed by atoms with E-state index in [9.17, 15) is 0 Å². The molecule has 0 aliphatic rings. The molecule has 0 atom stereocenters. The Kier molecular flexibility index (Phi) is 2.59. The molecule has 2 heterocycles. The van der Waals surface area contributed by atoms with Gasteiger partial charge >= 0.3 is 0 Å². The lowest BCUT2D eigenvalue weighted by molar-refractivity contribution is 0.387.